The average molecular weight is 281 g/mol. The van der Waals surface area contributed by atoms with Crippen LogP contribution in [-0.2, 0) is 0 Å². The molecule has 0 spiro atoms. The molecule has 16 heavy (non-hydrogen) atoms. The summed E-state index contributed by atoms with van der Waals surface area (Å²) >= 11 is 3.55. The van der Waals surface area contributed by atoms with E-state index < -0.39 is 0 Å². The first-order valence-corrected chi connectivity index (χ1v) is 6.10. The summed E-state index contributed by atoms with van der Waals surface area (Å²) in [4.78, 5) is 4.40. The number of alkyl halides is 1. The fourth-order valence-corrected chi connectivity index (χ4v) is 1.63. The largest absolute Gasteiger partial charge is 0.262 e. The molecule has 0 aliphatic carbocycles. The van der Waals surface area contributed by atoms with E-state index in [4.69, 9.17) is 0 Å². The number of hydrogen-bond donors (Lipinski definition) is 0. The van der Waals surface area contributed by atoms with E-state index in [1.165, 1.54) is 0 Å². The van der Waals surface area contributed by atoms with Gasteiger partial charge in [-0.05, 0) is 25.0 Å². The standard InChI is InChI=1S/C11H13BrN4/c1-3-10(12)11-7-16(15-14-11)9-4-8(2)5-13-6-9/h4-7,10H,3H2,1-2H3. The molecule has 1 unspecified atom stereocenters. The molecule has 84 valence electrons. The zero-order chi connectivity index (χ0) is 11.5. The highest BCUT2D eigenvalue weighted by Gasteiger charge is 2.10. The lowest BCUT2D eigenvalue weighted by atomic mass is 10.3. The third kappa shape index (κ3) is 2.29. The summed E-state index contributed by atoms with van der Waals surface area (Å²) in [5.74, 6) is 0. The monoisotopic (exact) mass is 280 g/mol. The molecule has 4 nitrogen and oxygen atoms in total. The zero-order valence-corrected chi connectivity index (χ0v) is 10.8. The minimum Gasteiger partial charge on any atom is -0.262 e. The Bertz CT molecular complexity index is 480. The van der Waals surface area contributed by atoms with Gasteiger partial charge >= 0.3 is 0 Å². The van der Waals surface area contributed by atoms with Crippen LogP contribution in [0.1, 0.15) is 29.4 Å². The topological polar surface area (TPSA) is 43.6 Å². The first-order valence-electron chi connectivity index (χ1n) is 5.19. The van der Waals surface area contributed by atoms with Crippen molar-refractivity contribution in [2.45, 2.75) is 25.1 Å². The third-order valence-electron chi connectivity index (χ3n) is 2.32. The summed E-state index contributed by atoms with van der Waals surface area (Å²) in [5.41, 5.74) is 3.00. The van der Waals surface area contributed by atoms with Gasteiger partial charge < -0.3 is 0 Å². The van der Waals surface area contributed by atoms with Crippen LogP contribution < -0.4 is 0 Å². The minimum atomic E-state index is 0.263. The third-order valence-corrected chi connectivity index (χ3v) is 3.43. The maximum atomic E-state index is 4.13. The van der Waals surface area contributed by atoms with Crippen LogP contribution in [0.3, 0.4) is 0 Å². The van der Waals surface area contributed by atoms with Gasteiger partial charge in [0.15, 0.2) is 0 Å². The van der Waals surface area contributed by atoms with Crippen LogP contribution in [0.25, 0.3) is 5.69 Å². The Morgan fingerprint density at radius 1 is 1.44 bits per heavy atom. The van der Waals surface area contributed by atoms with Crippen LogP contribution in [0.2, 0.25) is 0 Å². The van der Waals surface area contributed by atoms with Crippen molar-refractivity contribution in [2.24, 2.45) is 0 Å². The van der Waals surface area contributed by atoms with Gasteiger partial charge in [0.05, 0.1) is 28.6 Å². The minimum absolute atomic E-state index is 0.263. The number of aryl methyl sites for hydroxylation is 1. The molecule has 0 amide bonds. The van der Waals surface area contributed by atoms with Gasteiger partial charge in [0.25, 0.3) is 0 Å². The van der Waals surface area contributed by atoms with Crippen molar-refractivity contribution in [1.29, 1.82) is 0 Å². The molecule has 0 aliphatic rings. The molecule has 5 heteroatoms. The van der Waals surface area contributed by atoms with Gasteiger partial charge in [-0.1, -0.05) is 28.1 Å². The number of halogens is 1. The van der Waals surface area contributed by atoms with Crippen molar-refractivity contribution in [2.75, 3.05) is 0 Å². The number of nitrogens with zero attached hydrogens (tertiary/aromatic N) is 4. The summed E-state index contributed by atoms with van der Waals surface area (Å²) in [5, 5.41) is 8.22. The fraction of sp³-hybridized carbons (Fsp3) is 0.364. The van der Waals surface area contributed by atoms with Crippen LogP contribution in [0.15, 0.2) is 24.7 Å². The summed E-state index contributed by atoms with van der Waals surface area (Å²) in [6, 6.07) is 2.03. The molecule has 0 N–H and O–H groups in total. The molecule has 0 radical (unpaired) electrons. The summed E-state index contributed by atoms with van der Waals surface area (Å²) in [6.07, 6.45) is 6.52. The van der Waals surface area contributed by atoms with Gasteiger partial charge in [-0.15, -0.1) is 5.10 Å². The second-order valence-electron chi connectivity index (χ2n) is 3.68. The lowest BCUT2D eigenvalue weighted by Gasteiger charge is -2.01. The van der Waals surface area contributed by atoms with Crippen LogP contribution in [0, 0.1) is 6.92 Å². The van der Waals surface area contributed by atoms with E-state index in [0.29, 0.717) is 0 Å². The van der Waals surface area contributed by atoms with Crippen LogP contribution in [0.4, 0.5) is 0 Å². The van der Waals surface area contributed by atoms with Crippen molar-refractivity contribution < 1.29 is 0 Å². The predicted octanol–water partition coefficient (Wildman–Crippen LogP) is 2.82. The van der Waals surface area contributed by atoms with Gasteiger partial charge in [0.1, 0.15) is 0 Å². The molecular formula is C11H13BrN4. The quantitative estimate of drug-likeness (QED) is 0.812. The molecule has 0 aromatic carbocycles. The number of pyridine rings is 1. The smallest absolute Gasteiger partial charge is 0.0967 e. The normalized spacial score (nSPS) is 12.7. The van der Waals surface area contributed by atoms with E-state index in [1.54, 1.807) is 10.9 Å². The van der Waals surface area contributed by atoms with Crippen molar-refractivity contribution in [3.63, 3.8) is 0 Å². The highest BCUT2D eigenvalue weighted by Crippen LogP contribution is 2.23. The lowest BCUT2D eigenvalue weighted by molar-refractivity contribution is 0.787. The first kappa shape index (κ1) is 11.3. The predicted molar refractivity (Wildman–Crippen MR) is 65.9 cm³/mol. The molecule has 0 aliphatic heterocycles. The van der Waals surface area contributed by atoms with Gasteiger partial charge in [-0.25, -0.2) is 4.68 Å². The fourth-order valence-electron chi connectivity index (χ4n) is 1.42. The van der Waals surface area contributed by atoms with Crippen LogP contribution in [-0.4, -0.2) is 20.0 Å². The maximum absolute atomic E-state index is 4.13. The van der Waals surface area contributed by atoms with Crippen molar-refractivity contribution >= 4 is 15.9 Å². The Morgan fingerprint density at radius 2 is 2.25 bits per heavy atom. The van der Waals surface area contributed by atoms with Crippen LogP contribution in [0.5, 0.6) is 0 Å². The SMILES string of the molecule is CCC(Br)c1cn(-c2cncc(C)c2)nn1. The Balaban J connectivity index is 2.31. The molecule has 0 saturated carbocycles. The summed E-state index contributed by atoms with van der Waals surface area (Å²) in [7, 11) is 0. The zero-order valence-electron chi connectivity index (χ0n) is 9.26. The summed E-state index contributed by atoms with van der Waals surface area (Å²) < 4.78 is 1.75. The van der Waals surface area contributed by atoms with E-state index in [0.717, 1.165) is 23.4 Å². The molecule has 2 heterocycles. The Morgan fingerprint density at radius 3 is 2.94 bits per heavy atom. The molecule has 0 fully saturated rings. The number of rotatable bonds is 3. The Labute approximate surface area is 103 Å². The van der Waals surface area contributed by atoms with Gasteiger partial charge in [0, 0.05) is 6.20 Å². The van der Waals surface area contributed by atoms with Gasteiger partial charge in [-0.2, -0.15) is 0 Å². The highest BCUT2D eigenvalue weighted by atomic mass is 79.9. The van der Waals surface area contributed by atoms with Crippen molar-refractivity contribution in [3.05, 3.63) is 35.9 Å². The molecule has 2 rings (SSSR count). The Hall–Kier alpha value is -1.23. The van der Waals surface area contributed by atoms with Gasteiger partial charge in [0.2, 0.25) is 0 Å². The van der Waals surface area contributed by atoms with Gasteiger partial charge in [-0.3, -0.25) is 4.98 Å². The summed E-state index contributed by atoms with van der Waals surface area (Å²) in [6.45, 7) is 4.11. The van der Waals surface area contributed by atoms with E-state index in [1.807, 2.05) is 25.4 Å². The van der Waals surface area contributed by atoms with Crippen LogP contribution >= 0.6 is 15.9 Å². The Kier molecular flexibility index (Phi) is 3.33. The molecule has 1 atom stereocenters. The molecule has 0 saturated heterocycles. The van der Waals surface area contributed by atoms with Crippen molar-refractivity contribution in [3.8, 4) is 5.69 Å². The first-order chi connectivity index (χ1) is 7.70. The molecular weight excluding hydrogens is 268 g/mol. The second kappa shape index (κ2) is 4.74. The van der Waals surface area contributed by atoms with Crippen molar-refractivity contribution in [1.82, 2.24) is 20.0 Å². The van der Waals surface area contributed by atoms with E-state index >= 15 is 0 Å². The lowest BCUT2D eigenvalue weighted by Crippen LogP contribution is -1.96. The number of aromatic nitrogens is 4. The molecule has 2 aromatic heterocycles. The molecule has 2 aromatic rings. The average Bonchev–Trinajstić information content (AvgIpc) is 2.77. The van der Waals surface area contributed by atoms with E-state index in [-0.39, 0.29) is 4.83 Å². The van der Waals surface area contributed by atoms with E-state index in [9.17, 15) is 0 Å². The number of hydrogen-bond acceptors (Lipinski definition) is 3. The highest BCUT2D eigenvalue weighted by molar-refractivity contribution is 9.09. The van der Waals surface area contributed by atoms with E-state index in [2.05, 4.69) is 38.1 Å². The maximum Gasteiger partial charge on any atom is 0.0967 e. The second-order valence-corrected chi connectivity index (χ2v) is 4.79. The molecule has 0 bridgehead atoms.